The van der Waals surface area contributed by atoms with Crippen LogP contribution in [0.1, 0.15) is 22.8 Å². The number of benzene rings is 1. The predicted octanol–water partition coefficient (Wildman–Crippen LogP) is 1.69. The molecule has 1 unspecified atom stereocenters. The van der Waals surface area contributed by atoms with Crippen molar-refractivity contribution in [2.24, 2.45) is 10.7 Å². The van der Waals surface area contributed by atoms with Gasteiger partial charge in [-0.15, -0.1) is 0 Å². The number of aryl methyl sites for hydroxylation is 2. The summed E-state index contributed by atoms with van der Waals surface area (Å²) in [5, 5.41) is 0. The maximum atomic E-state index is 5.47. The van der Waals surface area contributed by atoms with E-state index in [4.69, 9.17) is 10.5 Å². The van der Waals surface area contributed by atoms with Crippen LogP contribution in [0.3, 0.4) is 0 Å². The summed E-state index contributed by atoms with van der Waals surface area (Å²) in [7, 11) is 0. The van der Waals surface area contributed by atoms with Gasteiger partial charge in [0, 0.05) is 0 Å². The fourth-order valence-electron chi connectivity index (χ4n) is 1.76. The minimum atomic E-state index is 0.00796. The van der Waals surface area contributed by atoms with Gasteiger partial charge < -0.3 is 10.5 Å². The molecule has 0 amide bonds. The molecule has 0 aliphatic carbocycles. The highest BCUT2D eigenvalue weighted by molar-refractivity contribution is 5.73. The second kappa shape index (κ2) is 3.33. The van der Waals surface area contributed by atoms with E-state index >= 15 is 0 Å². The van der Waals surface area contributed by atoms with Crippen LogP contribution < -0.4 is 5.73 Å². The summed E-state index contributed by atoms with van der Waals surface area (Å²) in [4.78, 5) is 4.03. The molecule has 0 saturated heterocycles. The Labute approximate surface area is 83.6 Å². The van der Waals surface area contributed by atoms with Gasteiger partial charge >= 0.3 is 0 Å². The number of hydrogen-bond acceptors (Lipinski definition) is 3. The third kappa shape index (κ3) is 1.71. The lowest BCUT2D eigenvalue weighted by Crippen LogP contribution is -2.13. The van der Waals surface area contributed by atoms with Crippen molar-refractivity contribution in [3.8, 4) is 0 Å². The Morgan fingerprint density at radius 3 is 2.43 bits per heavy atom. The molecule has 14 heavy (non-hydrogen) atoms. The molecule has 0 fully saturated rings. The molecule has 0 spiro atoms. The van der Waals surface area contributed by atoms with Crippen molar-refractivity contribution in [2.75, 3.05) is 6.54 Å². The molecule has 1 aromatic carbocycles. The van der Waals surface area contributed by atoms with Crippen LogP contribution in [0.15, 0.2) is 23.2 Å². The van der Waals surface area contributed by atoms with Crippen molar-refractivity contribution in [3.05, 3.63) is 34.9 Å². The molecule has 0 aromatic heterocycles. The highest BCUT2D eigenvalue weighted by Crippen LogP contribution is 2.23. The van der Waals surface area contributed by atoms with Gasteiger partial charge in [-0.1, -0.05) is 29.3 Å². The highest BCUT2D eigenvalue weighted by atomic mass is 16.5. The van der Waals surface area contributed by atoms with Gasteiger partial charge in [-0.05, 0) is 19.4 Å². The van der Waals surface area contributed by atoms with E-state index < -0.39 is 0 Å². The van der Waals surface area contributed by atoms with Gasteiger partial charge in [0.25, 0.3) is 6.02 Å². The van der Waals surface area contributed by atoms with Crippen LogP contribution in [-0.2, 0) is 4.74 Å². The topological polar surface area (TPSA) is 47.6 Å². The first-order valence-corrected chi connectivity index (χ1v) is 4.70. The smallest absolute Gasteiger partial charge is 0.282 e. The van der Waals surface area contributed by atoms with E-state index in [2.05, 4.69) is 37.0 Å². The first kappa shape index (κ1) is 9.06. The molecule has 1 aromatic rings. The number of nitrogens with two attached hydrogens (primary N) is 1. The molecule has 1 atom stereocenters. The Bertz CT molecular complexity index is 365. The number of hydrogen-bond donors (Lipinski definition) is 1. The summed E-state index contributed by atoms with van der Waals surface area (Å²) in [6.07, 6.45) is 0.00796. The Morgan fingerprint density at radius 1 is 1.29 bits per heavy atom. The van der Waals surface area contributed by atoms with Crippen LogP contribution in [0, 0.1) is 13.8 Å². The van der Waals surface area contributed by atoms with Crippen LogP contribution in [0.4, 0.5) is 0 Å². The van der Waals surface area contributed by atoms with E-state index in [9.17, 15) is 0 Å². The average molecular weight is 190 g/mol. The molecule has 0 radical (unpaired) electrons. The summed E-state index contributed by atoms with van der Waals surface area (Å²) < 4.78 is 5.39. The number of rotatable bonds is 1. The number of nitrogens with zero attached hydrogens (tertiary/aromatic N) is 1. The quantitative estimate of drug-likeness (QED) is 0.732. The SMILES string of the molecule is Cc1cc(C)cc(C2CN=C(N)O2)c1. The van der Waals surface area contributed by atoms with Gasteiger partial charge in [0.2, 0.25) is 0 Å². The molecule has 0 bridgehead atoms. The largest absolute Gasteiger partial charge is 0.455 e. The van der Waals surface area contributed by atoms with Gasteiger partial charge in [0.05, 0.1) is 6.54 Å². The summed E-state index contributed by atoms with van der Waals surface area (Å²) in [5.74, 6) is 0. The Kier molecular flexibility index (Phi) is 2.15. The Hall–Kier alpha value is -1.51. The van der Waals surface area contributed by atoms with Crippen molar-refractivity contribution in [1.29, 1.82) is 0 Å². The van der Waals surface area contributed by atoms with Crippen molar-refractivity contribution >= 4 is 6.02 Å². The zero-order valence-electron chi connectivity index (χ0n) is 8.45. The fraction of sp³-hybridized carbons (Fsp3) is 0.364. The van der Waals surface area contributed by atoms with Crippen LogP contribution in [-0.4, -0.2) is 12.6 Å². The molecule has 1 aliphatic rings. The van der Waals surface area contributed by atoms with Crippen LogP contribution >= 0.6 is 0 Å². The maximum absolute atomic E-state index is 5.47. The summed E-state index contributed by atoms with van der Waals surface area (Å²) in [6, 6.07) is 6.68. The lowest BCUT2D eigenvalue weighted by molar-refractivity contribution is 0.226. The minimum absolute atomic E-state index is 0.00796. The van der Waals surface area contributed by atoms with Gasteiger partial charge in [-0.2, -0.15) is 0 Å². The minimum Gasteiger partial charge on any atom is -0.455 e. The second-order valence-electron chi connectivity index (χ2n) is 3.71. The number of ether oxygens (including phenoxy) is 1. The van der Waals surface area contributed by atoms with Crippen molar-refractivity contribution in [2.45, 2.75) is 20.0 Å². The van der Waals surface area contributed by atoms with Gasteiger partial charge in [0.15, 0.2) is 0 Å². The van der Waals surface area contributed by atoms with Crippen LogP contribution in [0.2, 0.25) is 0 Å². The number of aliphatic imine (C=N–C) groups is 1. The van der Waals surface area contributed by atoms with E-state index in [0.29, 0.717) is 12.6 Å². The van der Waals surface area contributed by atoms with Gasteiger partial charge in [0.1, 0.15) is 6.10 Å². The van der Waals surface area contributed by atoms with E-state index in [1.807, 2.05) is 0 Å². The fourth-order valence-corrected chi connectivity index (χ4v) is 1.76. The zero-order chi connectivity index (χ0) is 10.1. The summed E-state index contributed by atoms with van der Waals surface area (Å²) >= 11 is 0. The van der Waals surface area contributed by atoms with Crippen LogP contribution in [0.5, 0.6) is 0 Å². The van der Waals surface area contributed by atoms with E-state index in [0.717, 1.165) is 5.56 Å². The van der Waals surface area contributed by atoms with Gasteiger partial charge in [-0.3, -0.25) is 0 Å². The first-order valence-electron chi connectivity index (χ1n) is 4.70. The molecule has 3 nitrogen and oxygen atoms in total. The van der Waals surface area contributed by atoms with Crippen molar-refractivity contribution < 1.29 is 4.74 Å². The van der Waals surface area contributed by atoms with Crippen molar-refractivity contribution in [3.63, 3.8) is 0 Å². The molecular weight excluding hydrogens is 176 g/mol. The monoisotopic (exact) mass is 190 g/mol. The van der Waals surface area contributed by atoms with E-state index in [1.54, 1.807) is 0 Å². The molecule has 3 heteroatoms. The molecule has 1 heterocycles. The van der Waals surface area contributed by atoms with Crippen LogP contribution in [0.25, 0.3) is 0 Å². The van der Waals surface area contributed by atoms with Crippen molar-refractivity contribution in [1.82, 2.24) is 0 Å². The Balaban J connectivity index is 2.25. The molecule has 2 N–H and O–H groups in total. The molecule has 2 rings (SSSR count). The lowest BCUT2D eigenvalue weighted by atomic mass is 10.0. The average Bonchev–Trinajstić information content (AvgIpc) is 2.50. The number of amidine groups is 1. The molecule has 74 valence electrons. The summed E-state index contributed by atoms with van der Waals surface area (Å²) in [6.45, 7) is 4.79. The highest BCUT2D eigenvalue weighted by Gasteiger charge is 2.19. The summed E-state index contributed by atoms with van der Waals surface area (Å²) in [5.41, 5.74) is 9.11. The van der Waals surface area contributed by atoms with E-state index in [1.165, 1.54) is 11.1 Å². The molecular formula is C11H14N2O. The third-order valence-corrected chi connectivity index (χ3v) is 2.29. The normalized spacial score (nSPS) is 20.4. The maximum Gasteiger partial charge on any atom is 0.282 e. The Morgan fingerprint density at radius 2 is 1.93 bits per heavy atom. The zero-order valence-corrected chi connectivity index (χ0v) is 8.45. The van der Waals surface area contributed by atoms with Gasteiger partial charge in [-0.25, -0.2) is 4.99 Å². The first-order chi connectivity index (χ1) is 6.65. The standard InChI is InChI=1S/C11H14N2O/c1-7-3-8(2)5-9(4-7)10-6-13-11(12)14-10/h3-5,10H,6H2,1-2H3,(H2,12,13). The van der Waals surface area contributed by atoms with E-state index in [-0.39, 0.29) is 6.10 Å². The lowest BCUT2D eigenvalue weighted by Gasteiger charge is -2.11. The third-order valence-electron chi connectivity index (χ3n) is 2.29. The molecule has 0 saturated carbocycles. The molecule has 1 aliphatic heterocycles. The second-order valence-corrected chi connectivity index (χ2v) is 3.71. The predicted molar refractivity (Wildman–Crippen MR) is 56.2 cm³/mol.